The van der Waals surface area contributed by atoms with Gasteiger partial charge in [0.2, 0.25) is 10.0 Å². The Balaban J connectivity index is 1.25. The molecule has 0 aromatic heterocycles. The second-order valence-electron chi connectivity index (χ2n) is 10.3. The molecule has 224 valence electrons. The third-order valence-corrected chi connectivity index (χ3v) is 9.73. The van der Waals surface area contributed by atoms with Gasteiger partial charge in [-0.1, -0.05) is 66.7 Å². The van der Waals surface area contributed by atoms with E-state index in [9.17, 15) is 13.2 Å². The Labute approximate surface area is 253 Å². The Hall–Kier alpha value is -4.18. The molecular formula is C34H37N3O5S. The molecule has 9 heteroatoms. The molecule has 0 saturated carbocycles. The molecular weight excluding hydrogens is 562 g/mol. The van der Waals surface area contributed by atoms with E-state index in [-0.39, 0.29) is 5.91 Å². The topological polar surface area (TPSA) is 79.4 Å². The van der Waals surface area contributed by atoms with Gasteiger partial charge in [-0.25, -0.2) is 8.42 Å². The number of fused-ring (bicyclic) bond motifs is 1. The molecule has 1 fully saturated rings. The molecule has 1 heterocycles. The summed E-state index contributed by atoms with van der Waals surface area (Å²) < 4.78 is 39.4. The number of carbonyl (C=O) groups is 1. The van der Waals surface area contributed by atoms with Crippen molar-refractivity contribution >= 4 is 32.8 Å². The molecule has 8 nitrogen and oxygen atoms in total. The minimum atomic E-state index is -3.63. The third-order valence-electron chi connectivity index (χ3n) is 7.77. The SMILES string of the molecule is COc1ccc(C(=O)N(C/C=C/c2ccccc2OC)CCN2CCN(S(=O)(=O)c3cccc4ccccc34)CC2)cc1. The van der Waals surface area contributed by atoms with Crippen LogP contribution >= 0.6 is 0 Å². The molecule has 1 saturated heterocycles. The predicted octanol–water partition coefficient (Wildman–Crippen LogP) is 5.02. The van der Waals surface area contributed by atoms with Crippen LogP contribution in [0.15, 0.2) is 102 Å². The van der Waals surface area contributed by atoms with Gasteiger partial charge in [0.05, 0.1) is 19.1 Å². The van der Waals surface area contributed by atoms with E-state index >= 15 is 0 Å². The number of methoxy groups -OCH3 is 2. The normalized spacial score (nSPS) is 14.7. The van der Waals surface area contributed by atoms with E-state index in [1.807, 2.05) is 71.6 Å². The number of hydrogen-bond acceptors (Lipinski definition) is 6. The van der Waals surface area contributed by atoms with E-state index in [1.54, 1.807) is 54.9 Å². The highest BCUT2D eigenvalue weighted by Gasteiger charge is 2.30. The maximum atomic E-state index is 13.6. The molecule has 43 heavy (non-hydrogen) atoms. The average molecular weight is 600 g/mol. The Morgan fingerprint density at radius 1 is 0.837 bits per heavy atom. The number of benzene rings is 4. The van der Waals surface area contributed by atoms with E-state index in [4.69, 9.17) is 9.47 Å². The first-order valence-electron chi connectivity index (χ1n) is 14.3. The smallest absolute Gasteiger partial charge is 0.254 e. The van der Waals surface area contributed by atoms with Crippen LogP contribution in [0, 0.1) is 0 Å². The fraction of sp³-hybridized carbons (Fsp3) is 0.265. The second-order valence-corrected chi connectivity index (χ2v) is 12.3. The van der Waals surface area contributed by atoms with E-state index in [0.29, 0.717) is 62.0 Å². The number of nitrogens with zero attached hydrogens (tertiary/aromatic N) is 3. The fourth-order valence-electron chi connectivity index (χ4n) is 5.32. The van der Waals surface area contributed by atoms with Crippen LogP contribution in [0.25, 0.3) is 16.8 Å². The van der Waals surface area contributed by atoms with Crippen LogP contribution in [0.5, 0.6) is 11.5 Å². The second kappa shape index (κ2) is 13.9. The number of rotatable bonds is 11. The standard InChI is InChI=1S/C34H37N3O5S/c1-41-30-18-16-29(17-19-30)34(38)36(20-8-12-28-10-4-6-14-32(28)42-2)24-21-35-22-25-37(26-23-35)43(39,40)33-15-7-11-27-9-3-5-13-31(27)33/h3-19H,20-26H2,1-2H3/b12-8+. The summed E-state index contributed by atoms with van der Waals surface area (Å²) in [4.78, 5) is 17.9. The highest BCUT2D eigenvalue weighted by atomic mass is 32.2. The molecule has 5 rings (SSSR count). The first kappa shape index (κ1) is 30.3. The van der Waals surface area contributed by atoms with Crippen LogP contribution in [0.3, 0.4) is 0 Å². The number of amides is 1. The average Bonchev–Trinajstić information content (AvgIpc) is 3.06. The predicted molar refractivity (Wildman–Crippen MR) is 170 cm³/mol. The largest absolute Gasteiger partial charge is 0.497 e. The zero-order valence-electron chi connectivity index (χ0n) is 24.6. The molecule has 1 amide bonds. The molecule has 0 unspecified atom stereocenters. The number of para-hydroxylation sites is 1. The van der Waals surface area contributed by atoms with E-state index in [0.717, 1.165) is 22.1 Å². The lowest BCUT2D eigenvalue weighted by molar-refractivity contribution is 0.0745. The minimum Gasteiger partial charge on any atom is -0.497 e. The molecule has 0 aliphatic carbocycles. The van der Waals surface area contributed by atoms with Gasteiger partial charge in [0.1, 0.15) is 11.5 Å². The first-order chi connectivity index (χ1) is 20.9. The van der Waals surface area contributed by atoms with Crippen molar-refractivity contribution in [2.45, 2.75) is 4.90 Å². The van der Waals surface area contributed by atoms with E-state index < -0.39 is 10.0 Å². The molecule has 0 spiro atoms. The van der Waals surface area contributed by atoms with Crippen LogP contribution in [-0.2, 0) is 10.0 Å². The highest BCUT2D eigenvalue weighted by molar-refractivity contribution is 7.89. The van der Waals surface area contributed by atoms with E-state index in [1.165, 1.54) is 0 Å². The van der Waals surface area contributed by atoms with Crippen LogP contribution in [0.4, 0.5) is 0 Å². The molecule has 4 aromatic rings. The number of ether oxygens (including phenoxy) is 2. The maximum Gasteiger partial charge on any atom is 0.254 e. The van der Waals surface area contributed by atoms with Crippen molar-refractivity contribution in [3.63, 3.8) is 0 Å². The summed E-state index contributed by atoms with van der Waals surface area (Å²) in [6.07, 6.45) is 3.93. The first-order valence-corrected chi connectivity index (χ1v) is 15.8. The Kier molecular flexibility index (Phi) is 9.76. The van der Waals surface area contributed by atoms with Crippen molar-refractivity contribution in [3.8, 4) is 11.5 Å². The number of carbonyl (C=O) groups excluding carboxylic acids is 1. The van der Waals surface area contributed by atoms with Crippen molar-refractivity contribution < 1.29 is 22.7 Å². The van der Waals surface area contributed by atoms with Crippen LogP contribution in [0.2, 0.25) is 0 Å². The van der Waals surface area contributed by atoms with Gasteiger partial charge in [-0.3, -0.25) is 9.69 Å². The Morgan fingerprint density at radius 3 is 2.28 bits per heavy atom. The molecule has 1 aliphatic rings. The highest BCUT2D eigenvalue weighted by Crippen LogP contribution is 2.26. The number of sulfonamides is 1. The maximum absolute atomic E-state index is 13.6. The quantitative estimate of drug-likeness (QED) is 0.241. The van der Waals surface area contributed by atoms with Gasteiger partial charge in [-0.05, 0) is 41.8 Å². The van der Waals surface area contributed by atoms with Gasteiger partial charge in [0, 0.05) is 62.3 Å². The van der Waals surface area contributed by atoms with Gasteiger partial charge >= 0.3 is 0 Å². The lowest BCUT2D eigenvalue weighted by atomic mass is 10.1. The van der Waals surface area contributed by atoms with Gasteiger partial charge in [0.15, 0.2) is 0 Å². The minimum absolute atomic E-state index is 0.0792. The third kappa shape index (κ3) is 7.07. The Bertz CT molecular complexity index is 1670. The zero-order chi connectivity index (χ0) is 30.2. The number of piperazine rings is 1. The van der Waals surface area contributed by atoms with Crippen LogP contribution in [-0.4, -0.2) is 88.5 Å². The van der Waals surface area contributed by atoms with E-state index in [2.05, 4.69) is 4.90 Å². The van der Waals surface area contributed by atoms with Crippen molar-refractivity contribution in [3.05, 3.63) is 108 Å². The summed E-state index contributed by atoms with van der Waals surface area (Å²) >= 11 is 0. The van der Waals surface area contributed by atoms with Crippen LogP contribution < -0.4 is 9.47 Å². The lowest BCUT2D eigenvalue weighted by Gasteiger charge is -2.35. The molecule has 0 N–H and O–H groups in total. The van der Waals surface area contributed by atoms with Gasteiger partial charge in [0.25, 0.3) is 5.91 Å². The summed E-state index contributed by atoms with van der Waals surface area (Å²) in [5, 5.41) is 1.64. The van der Waals surface area contributed by atoms with Crippen molar-refractivity contribution in [1.82, 2.24) is 14.1 Å². The molecule has 4 aromatic carbocycles. The molecule has 1 aliphatic heterocycles. The lowest BCUT2D eigenvalue weighted by Crippen LogP contribution is -2.50. The van der Waals surface area contributed by atoms with Crippen molar-refractivity contribution in [1.29, 1.82) is 0 Å². The summed E-state index contributed by atoms with van der Waals surface area (Å²) in [7, 11) is -0.396. The van der Waals surface area contributed by atoms with Crippen molar-refractivity contribution in [2.24, 2.45) is 0 Å². The number of hydrogen-bond donors (Lipinski definition) is 0. The van der Waals surface area contributed by atoms with Gasteiger partial charge in [-0.2, -0.15) is 4.31 Å². The summed E-state index contributed by atoms with van der Waals surface area (Å²) in [5.41, 5.74) is 1.52. The van der Waals surface area contributed by atoms with Gasteiger partial charge < -0.3 is 14.4 Å². The summed E-state index contributed by atoms with van der Waals surface area (Å²) in [6.45, 7) is 3.51. The Morgan fingerprint density at radius 2 is 1.53 bits per heavy atom. The monoisotopic (exact) mass is 599 g/mol. The summed E-state index contributed by atoms with van der Waals surface area (Å²) in [5.74, 6) is 1.38. The molecule has 0 atom stereocenters. The molecule has 0 radical (unpaired) electrons. The van der Waals surface area contributed by atoms with Crippen LogP contribution in [0.1, 0.15) is 15.9 Å². The molecule has 0 bridgehead atoms. The fourth-order valence-corrected chi connectivity index (χ4v) is 6.95. The van der Waals surface area contributed by atoms with Crippen molar-refractivity contribution in [2.75, 3.05) is 60.0 Å². The van der Waals surface area contributed by atoms with Gasteiger partial charge in [-0.15, -0.1) is 0 Å². The zero-order valence-corrected chi connectivity index (χ0v) is 25.4. The summed E-state index contributed by atoms with van der Waals surface area (Å²) in [6, 6.07) is 27.8.